The van der Waals surface area contributed by atoms with E-state index in [9.17, 15) is 9.59 Å². The summed E-state index contributed by atoms with van der Waals surface area (Å²) in [6.07, 6.45) is 2.93. The number of hydrogen-bond acceptors (Lipinski definition) is 4. The fraction of sp³-hybridized carbons (Fsp3) is 0.636. The highest BCUT2D eigenvalue weighted by Gasteiger charge is 2.27. The summed E-state index contributed by atoms with van der Waals surface area (Å²) in [6.45, 7) is 4.20. The molecule has 0 aromatic rings. The Balaban J connectivity index is 2.55. The zero-order chi connectivity index (χ0) is 11.5. The van der Waals surface area contributed by atoms with Crippen molar-refractivity contribution in [2.24, 2.45) is 5.41 Å². The fourth-order valence-corrected chi connectivity index (χ4v) is 1.72. The van der Waals surface area contributed by atoms with E-state index in [2.05, 4.69) is 10.1 Å². The number of nitrogens with one attached hydrogen (secondary N) is 1. The first kappa shape index (κ1) is 11.8. The SMILES string of the molecule is COC(=O)CNC1=CC(=O)CC(C)(C)C1. The van der Waals surface area contributed by atoms with E-state index in [1.165, 1.54) is 7.11 Å². The van der Waals surface area contributed by atoms with Crippen molar-refractivity contribution in [3.8, 4) is 0 Å². The summed E-state index contributed by atoms with van der Waals surface area (Å²) in [5.41, 5.74) is 0.797. The average molecular weight is 211 g/mol. The summed E-state index contributed by atoms with van der Waals surface area (Å²) in [5, 5.41) is 2.92. The first-order chi connectivity index (χ1) is 6.93. The Kier molecular flexibility index (Phi) is 3.50. The van der Waals surface area contributed by atoms with Crippen molar-refractivity contribution in [3.05, 3.63) is 11.8 Å². The number of carbonyl (C=O) groups excluding carboxylic acids is 2. The lowest BCUT2D eigenvalue weighted by molar-refractivity contribution is -0.139. The molecule has 0 spiro atoms. The fourth-order valence-electron chi connectivity index (χ4n) is 1.72. The molecular weight excluding hydrogens is 194 g/mol. The van der Waals surface area contributed by atoms with Crippen LogP contribution in [0.1, 0.15) is 26.7 Å². The van der Waals surface area contributed by atoms with Crippen LogP contribution < -0.4 is 5.32 Å². The van der Waals surface area contributed by atoms with Gasteiger partial charge >= 0.3 is 5.97 Å². The Morgan fingerprint density at radius 1 is 1.53 bits per heavy atom. The number of rotatable bonds is 3. The van der Waals surface area contributed by atoms with Crippen molar-refractivity contribution in [1.29, 1.82) is 0 Å². The number of hydrogen-bond donors (Lipinski definition) is 1. The van der Waals surface area contributed by atoms with Gasteiger partial charge in [0.05, 0.1) is 7.11 Å². The van der Waals surface area contributed by atoms with Gasteiger partial charge < -0.3 is 10.1 Å². The highest BCUT2D eigenvalue weighted by molar-refractivity contribution is 5.91. The maximum Gasteiger partial charge on any atom is 0.325 e. The molecule has 0 bridgehead atoms. The lowest BCUT2D eigenvalue weighted by Crippen LogP contribution is -2.31. The maximum atomic E-state index is 11.4. The van der Waals surface area contributed by atoms with Gasteiger partial charge in [-0.2, -0.15) is 0 Å². The topological polar surface area (TPSA) is 55.4 Å². The van der Waals surface area contributed by atoms with Crippen molar-refractivity contribution in [1.82, 2.24) is 5.32 Å². The zero-order valence-electron chi connectivity index (χ0n) is 9.42. The Morgan fingerprint density at radius 2 is 2.20 bits per heavy atom. The van der Waals surface area contributed by atoms with E-state index in [1.807, 2.05) is 13.8 Å². The molecule has 0 aliphatic heterocycles. The number of methoxy groups -OCH3 is 1. The monoisotopic (exact) mass is 211 g/mol. The Morgan fingerprint density at radius 3 is 2.73 bits per heavy atom. The Bertz CT molecular complexity index is 305. The predicted molar refractivity (Wildman–Crippen MR) is 56.1 cm³/mol. The number of carbonyl (C=O) groups is 2. The summed E-state index contributed by atoms with van der Waals surface area (Å²) in [7, 11) is 1.34. The molecule has 0 saturated carbocycles. The minimum atomic E-state index is -0.327. The molecule has 0 aromatic carbocycles. The van der Waals surface area contributed by atoms with Crippen LogP contribution in [0.4, 0.5) is 0 Å². The van der Waals surface area contributed by atoms with Gasteiger partial charge in [-0.1, -0.05) is 13.8 Å². The van der Waals surface area contributed by atoms with Crippen LogP contribution in [0.3, 0.4) is 0 Å². The predicted octanol–water partition coefficient (Wildman–Crippen LogP) is 1.02. The first-order valence-electron chi connectivity index (χ1n) is 4.97. The van der Waals surface area contributed by atoms with Gasteiger partial charge in [0.1, 0.15) is 6.54 Å². The Labute approximate surface area is 89.7 Å². The second-order valence-electron chi connectivity index (χ2n) is 4.58. The van der Waals surface area contributed by atoms with Crippen LogP contribution in [-0.4, -0.2) is 25.4 Å². The smallest absolute Gasteiger partial charge is 0.325 e. The van der Waals surface area contributed by atoms with E-state index < -0.39 is 0 Å². The van der Waals surface area contributed by atoms with Gasteiger partial charge in [-0.3, -0.25) is 9.59 Å². The summed E-state index contributed by atoms with van der Waals surface area (Å²) < 4.78 is 4.51. The molecule has 1 rings (SSSR count). The third-order valence-electron chi connectivity index (χ3n) is 2.34. The molecule has 0 heterocycles. The van der Waals surface area contributed by atoms with Crippen molar-refractivity contribution < 1.29 is 14.3 Å². The van der Waals surface area contributed by atoms with Crippen LogP contribution in [0.2, 0.25) is 0 Å². The molecule has 0 saturated heterocycles. The molecule has 0 atom stereocenters. The van der Waals surface area contributed by atoms with Gasteiger partial charge in [-0.25, -0.2) is 0 Å². The lowest BCUT2D eigenvalue weighted by Gasteiger charge is -2.29. The third-order valence-corrected chi connectivity index (χ3v) is 2.34. The van der Waals surface area contributed by atoms with Gasteiger partial charge in [0.15, 0.2) is 5.78 Å². The third kappa shape index (κ3) is 3.73. The van der Waals surface area contributed by atoms with E-state index in [0.29, 0.717) is 6.42 Å². The molecule has 0 unspecified atom stereocenters. The summed E-state index contributed by atoms with van der Waals surface area (Å²) in [5.74, 6) is -0.217. The van der Waals surface area contributed by atoms with Crippen LogP contribution >= 0.6 is 0 Å². The molecule has 84 valence electrons. The molecule has 0 fully saturated rings. The lowest BCUT2D eigenvalue weighted by atomic mass is 9.79. The van der Waals surface area contributed by atoms with Gasteiger partial charge in [0.25, 0.3) is 0 Å². The number of ketones is 1. The standard InChI is InChI=1S/C11H17NO3/c1-11(2)5-8(4-9(13)6-11)12-7-10(14)15-3/h4,12H,5-7H2,1-3H3. The van der Waals surface area contributed by atoms with Crippen LogP contribution in [0.25, 0.3) is 0 Å². The highest BCUT2D eigenvalue weighted by Crippen LogP contribution is 2.32. The number of ether oxygens (including phenoxy) is 1. The molecule has 0 radical (unpaired) electrons. The first-order valence-corrected chi connectivity index (χ1v) is 4.97. The molecule has 1 aliphatic rings. The van der Waals surface area contributed by atoms with Crippen molar-refractivity contribution in [3.63, 3.8) is 0 Å². The van der Waals surface area contributed by atoms with Gasteiger partial charge in [0, 0.05) is 18.2 Å². The molecule has 1 aliphatic carbocycles. The number of esters is 1. The molecule has 4 nitrogen and oxygen atoms in total. The molecular formula is C11H17NO3. The van der Waals surface area contributed by atoms with E-state index in [4.69, 9.17) is 0 Å². The second kappa shape index (κ2) is 4.47. The van der Waals surface area contributed by atoms with Crippen molar-refractivity contribution >= 4 is 11.8 Å². The van der Waals surface area contributed by atoms with Crippen LogP contribution in [0.5, 0.6) is 0 Å². The average Bonchev–Trinajstić information content (AvgIpc) is 2.11. The van der Waals surface area contributed by atoms with Crippen molar-refractivity contribution in [2.75, 3.05) is 13.7 Å². The molecule has 0 amide bonds. The minimum Gasteiger partial charge on any atom is -0.468 e. The maximum absolute atomic E-state index is 11.4. The van der Waals surface area contributed by atoms with Gasteiger partial charge in [-0.05, 0) is 11.8 Å². The van der Waals surface area contributed by atoms with Crippen LogP contribution in [0, 0.1) is 5.41 Å². The minimum absolute atomic E-state index is 0.0235. The quantitative estimate of drug-likeness (QED) is 0.708. The molecule has 1 N–H and O–H groups in total. The van der Waals surface area contributed by atoms with Crippen molar-refractivity contribution in [2.45, 2.75) is 26.7 Å². The van der Waals surface area contributed by atoms with E-state index in [-0.39, 0.29) is 23.7 Å². The van der Waals surface area contributed by atoms with E-state index in [1.54, 1.807) is 6.08 Å². The van der Waals surface area contributed by atoms with Gasteiger partial charge in [-0.15, -0.1) is 0 Å². The van der Waals surface area contributed by atoms with E-state index >= 15 is 0 Å². The Hall–Kier alpha value is -1.32. The summed E-state index contributed by atoms with van der Waals surface area (Å²) >= 11 is 0. The van der Waals surface area contributed by atoms with Crippen LogP contribution in [-0.2, 0) is 14.3 Å². The molecule has 4 heteroatoms. The van der Waals surface area contributed by atoms with Gasteiger partial charge in [0.2, 0.25) is 0 Å². The van der Waals surface area contributed by atoms with E-state index in [0.717, 1.165) is 12.1 Å². The zero-order valence-corrected chi connectivity index (χ0v) is 9.42. The largest absolute Gasteiger partial charge is 0.468 e. The molecule has 15 heavy (non-hydrogen) atoms. The highest BCUT2D eigenvalue weighted by atomic mass is 16.5. The summed E-state index contributed by atoms with van der Waals surface area (Å²) in [4.78, 5) is 22.3. The number of allylic oxidation sites excluding steroid dienone is 2. The normalized spacial score (nSPS) is 19.4. The van der Waals surface area contributed by atoms with Crippen LogP contribution in [0.15, 0.2) is 11.8 Å². The molecule has 0 aromatic heterocycles. The second-order valence-corrected chi connectivity index (χ2v) is 4.58. The summed E-state index contributed by atoms with van der Waals surface area (Å²) in [6, 6.07) is 0.